The summed E-state index contributed by atoms with van der Waals surface area (Å²) in [5, 5.41) is 13.6. The Kier molecular flexibility index (Phi) is 13.1. The van der Waals surface area contributed by atoms with Gasteiger partial charge in [-0.25, -0.2) is 4.79 Å². The molecule has 0 aliphatic carbocycles. The summed E-state index contributed by atoms with van der Waals surface area (Å²) < 4.78 is 10.9. The number of hydrogen-bond donors (Lipinski definition) is 3. The molecule has 3 N–H and O–H groups in total. The molecule has 0 saturated heterocycles. The summed E-state index contributed by atoms with van der Waals surface area (Å²) in [5.74, 6) is 0.533. The second-order valence-electron chi connectivity index (χ2n) is 5.94. The van der Waals surface area contributed by atoms with Crippen molar-refractivity contribution in [1.29, 1.82) is 0 Å². The van der Waals surface area contributed by atoms with E-state index in [0.29, 0.717) is 31.9 Å². The van der Waals surface area contributed by atoms with Gasteiger partial charge in [-0.3, -0.25) is 4.79 Å². The van der Waals surface area contributed by atoms with Gasteiger partial charge < -0.3 is 25.2 Å². The summed E-state index contributed by atoms with van der Waals surface area (Å²) >= 11 is 5.61. The highest BCUT2D eigenvalue weighted by molar-refractivity contribution is 6.17. The second kappa shape index (κ2) is 15.2. The normalized spacial score (nSPS) is 10.6. The van der Waals surface area contributed by atoms with Gasteiger partial charge in [0.15, 0.2) is 0 Å². The van der Waals surface area contributed by atoms with Crippen molar-refractivity contribution in [3.05, 3.63) is 35.4 Å². The fourth-order valence-electron chi connectivity index (χ4n) is 2.26. The van der Waals surface area contributed by atoms with Crippen molar-refractivity contribution in [2.45, 2.75) is 32.2 Å². The van der Waals surface area contributed by atoms with Crippen LogP contribution in [0.5, 0.6) is 0 Å². The van der Waals surface area contributed by atoms with E-state index in [-0.39, 0.29) is 12.5 Å². The first kappa shape index (κ1) is 23.2. The number of halogens is 1. The van der Waals surface area contributed by atoms with Gasteiger partial charge in [0.25, 0.3) is 5.91 Å². The Balaban J connectivity index is 2.01. The quantitative estimate of drug-likeness (QED) is 0.310. The van der Waals surface area contributed by atoms with Crippen LogP contribution in [0.3, 0.4) is 0 Å². The molecule has 0 aliphatic heterocycles. The Bertz CT molecular complexity index is 539. The lowest BCUT2D eigenvalue weighted by molar-refractivity contribution is 0.0468. The van der Waals surface area contributed by atoms with Crippen molar-refractivity contribution < 1.29 is 24.2 Å². The van der Waals surface area contributed by atoms with Crippen molar-refractivity contribution in [3.8, 4) is 0 Å². The van der Waals surface area contributed by atoms with Crippen LogP contribution in [-0.2, 0) is 16.0 Å². The molecule has 0 atom stereocenters. The largest absolute Gasteiger partial charge is 0.465 e. The summed E-state index contributed by atoms with van der Waals surface area (Å²) in [4.78, 5) is 22.4. The number of amides is 2. The maximum absolute atomic E-state index is 12.0. The molecule has 1 aromatic rings. The molecule has 8 heteroatoms. The summed E-state index contributed by atoms with van der Waals surface area (Å²) in [6, 6.07) is 6.76. The summed E-state index contributed by atoms with van der Waals surface area (Å²) in [7, 11) is 0. The minimum atomic E-state index is -1.08. The third-order valence-electron chi connectivity index (χ3n) is 3.74. The number of unbranched alkanes of at least 4 members (excludes halogenated alkanes) is 3. The fourth-order valence-corrected chi connectivity index (χ4v) is 2.45. The monoisotopic (exact) mass is 400 g/mol. The average Bonchev–Trinajstić information content (AvgIpc) is 2.67. The standard InChI is InChI=1S/C19H29ClN2O5/c20-9-3-1-2-4-11-26-13-14-27-12-10-21-18(23)17-7-5-16(6-8-17)15-22-19(24)25/h5-8,22H,1-4,9-15H2,(H,21,23)(H,24,25). The van der Waals surface area contributed by atoms with Gasteiger partial charge in [0, 0.05) is 31.1 Å². The molecule has 0 fully saturated rings. The van der Waals surface area contributed by atoms with Gasteiger partial charge in [-0.05, 0) is 30.5 Å². The molecule has 0 radical (unpaired) electrons. The Labute approximate surface area is 165 Å². The van der Waals surface area contributed by atoms with Crippen LogP contribution in [0.4, 0.5) is 4.79 Å². The zero-order valence-corrected chi connectivity index (χ0v) is 16.3. The van der Waals surface area contributed by atoms with E-state index < -0.39 is 6.09 Å². The predicted octanol–water partition coefficient (Wildman–Crippen LogP) is 3.02. The van der Waals surface area contributed by atoms with Crippen LogP contribution in [-0.4, -0.2) is 56.0 Å². The summed E-state index contributed by atoms with van der Waals surface area (Å²) in [6.45, 7) is 2.84. The van der Waals surface area contributed by atoms with E-state index >= 15 is 0 Å². The molecule has 0 saturated carbocycles. The second-order valence-corrected chi connectivity index (χ2v) is 6.32. The Morgan fingerprint density at radius 1 is 0.889 bits per heavy atom. The van der Waals surface area contributed by atoms with E-state index in [1.54, 1.807) is 24.3 Å². The van der Waals surface area contributed by atoms with Gasteiger partial charge in [-0.15, -0.1) is 11.6 Å². The highest BCUT2D eigenvalue weighted by atomic mass is 35.5. The molecule has 0 heterocycles. The highest BCUT2D eigenvalue weighted by Gasteiger charge is 2.05. The fraction of sp³-hybridized carbons (Fsp3) is 0.579. The lowest BCUT2D eigenvalue weighted by atomic mass is 10.1. The van der Waals surface area contributed by atoms with Crippen LogP contribution in [0.1, 0.15) is 41.6 Å². The molecule has 2 amide bonds. The number of rotatable bonds is 15. The number of benzene rings is 1. The molecule has 152 valence electrons. The lowest BCUT2D eigenvalue weighted by Crippen LogP contribution is -2.27. The molecule has 0 bridgehead atoms. The molecule has 0 aliphatic rings. The summed E-state index contributed by atoms with van der Waals surface area (Å²) in [6.07, 6.45) is 3.30. The first-order valence-corrected chi connectivity index (χ1v) is 9.72. The smallest absolute Gasteiger partial charge is 0.404 e. The zero-order chi connectivity index (χ0) is 19.7. The van der Waals surface area contributed by atoms with E-state index in [0.717, 1.165) is 43.7 Å². The number of ether oxygens (including phenoxy) is 2. The number of carboxylic acid groups (broad SMARTS) is 1. The molecular formula is C19H29ClN2O5. The summed E-state index contributed by atoms with van der Waals surface area (Å²) in [5.41, 5.74) is 1.31. The van der Waals surface area contributed by atoms with Gasteiger partial charge in [0.2, 0.25) is 0 Å². The van der Waals surface area contributed by atoms with Gasteiger partial charge in [-0.1, -0.05) is 25.0 Å². The van der Waals surface area contributed by atoms with Crippen molar-refractivity contribution in [2.24, 2.45) is 0 Å². The minimum Gasteiger partial charge on any atom is -0.465 e. The van der Waals surface area contributed by atoms with Gasteiger partial charge >= 0.3 is 6.09 Å². The van der Waals surface area contributed by atoms with Crippen molar-refractivity contribution in [3.63, 3.8) is 0 Å². The van der Waals surface area contributed by atoms with Crippen LogP contribution < -0.4 is 10.6 Å². The first-order valence-electron chi connectivity index (χ1n) is 9.19. The van der Waals surface area contributed by atoms with Crippen LogP contribution in [0.25, 0.3) is 0 Å². The van der Waals surface area contributed by atoms with E-state index in [4.69, 9.17) is 26.2 Å². The van der Waals surface area contributed by atoms with Crippen LogP contribution >= 0.6 is 11.6 Å². The van der Waals surface area contributed by atoms with Gasteiger partial charge in [0.05, 0.1) is 19.8 Å². The maximum atomic E-state index is 12.0. The van der Waals surface area contributed by atoms with Crippen LogP contribution in [0.2, 0.25) is 0 Å². The highest BCUT2D eigenvalue weighted by Crippen LogP contribution is 2.04. The lowest BCUT2D eigenvalue weighted by Gasteiger charge is -2.08. The van der Waals surface area contributed by atoms with Gasteiger partial charge in [0.1, 0.15) is 0 Å². The molecule has 0 aromatic heterocycles. The van der Waals surface area contributed by atoms with Crippen LogP contribution in [0.15, 0.2) is 24.3 Å². The number of hydrogen-bond acceptors (Lipinski definition) is 4. The number of nitrogens with one attached hydrogen (secondary N) is 2. The molecule has 0 spiro atoms. The molecular weight excluding hydrogens is 372 g/mol. The predicted molar refractivity (Wildman–Crippen MR) is 104 cm³/mol. The van der Waals surface area contributed by atoms with Gasteiger partial charge in [-0.2, -0.15) is 0 Å². The average molecular weight is 401 g/mol. The molecule has 7 nitrogen and oxygen atoms in total. The number of carbonyl (C=O) groups excluding carboxylic acids is 1. The maximum Gasteiger partial charge on any atom is 0.404 e. The number of carbonyl (C=O) groups is 2. The molecule has 0 unspecified atom stereocenters. The van der Waals surface area contributed by atoms with Crippen molar-refractivity contribution in [1.82, 2.24) is 10.6 Å². The third-order valence-corrected chi connectivity index (χ3v) is 4.00. The Morgan fingerprint density at radius 2 is 1.56 bits per heavy atom. The Hall–Kier alpha value is -1.83. The zero-order valence-electron chi connectivity index (χ0n) is 15.5. The SMILES string of the molecule is O=C(O)NCc1ccc(C(=O)NCCOCCOCCCCCCCl)cc1. The minimum absolute atomic E-state index is 0.190. The van der Waals surface area contributed by atoms with E-state index in [2.05, 4.69) is 10.6 Å². The van der Waals surface area contributed by atoms with E-state index in [1.165, 1.54) is 0 Å². The molecule has 27 heavy (non-hydrogen) atoms. The van der Waals surface area contributed by atoms with E-state index in [9.17, 15) is 9.59 Å². The van der Waals surface area contributed by atoms with Crippen molar-refractivity contribution in [2.75, 3.05) is 38.9 Å². The Morgan fingerprint density at radius 3 is 2.22 bits per heavy atom. The third kappa shape index (κ3) is 12.2. The van der Waals surface area contributed by atoms with Crippen molar-refractivity contribution >= 4 is 23.6 Å². The molecule has 1 aromatic carbocycles. The topological polar surface area (TPSA) is 96.9 Å². The first-order chi connectivity index (χ1) is 13.1. The molecule has 1 rings (SSSR count). The van der Waals surface area contributed by atoms with E-state index in [1.807, 2.05) is 0 Å². The van der Waals surface area contributed by atoms with Crippen LogP contribution in [0, 0.1) is 0 Å². The number of alkyl halides is 1.